The third kappa shape index (κ3) is 3.88. The molecule has 6 nitrogen and oxygen atoms in total. The number of carbonyl (C=O) groups is 1. The number of pyridine rings is 1. The average Bonchev–Trinajstić information content (AvgIpc) is 2.48. The monoisotopic (exact) mass is 294 g/mol. The highest BCUT2D eigenvalue weighted by atomic mass is 32.1. The smallest absolute Gasteiger partial charge is 0.224 e. The zero-order valence-electron chi connectivity index (χ0n) is 11.2. The maximum Gasteiger partial charge on any atom is 0.224 e. The summed E-state index contributed by atoms with van der Waals surface area (Å²) in [6.45, 7) is 3.10. The van der Waals surface area contributed by atoms with Crippen molar-refractivity contribution in [2.24, 2.45) is 5.73 Å². The van der Waals surface area contributed by atoms with Gasteiger partial charge in [0, 0.05) is 37.8 Å². The number of nitrogens with one attached hydrogen (secondary N) is 1. The Morgan fingerprint density at radius 1 is 1.50 bits per heavy atom. The number of carbonyl (C=O) groups excluding carboxylic acids is 1. The molecule has 20 heavy (non-hydrogen) atoms. The molecule has 1 aliphatic rings. The van der Waals surface area contributed by atoms with Crippen LogP contribution in [0.4, 0.5) is 5.69 Å². The number of nitrogens with two attached hydrogens (primary N) is 1. The van der Waals surface area contributed by atoms with Gasteiger partial charge in [0.05, 0.1) is 25.1 Å². The molecule has 0 aliphatic carbocycles. The number of aromatic nitrogens is 1. The second-order valence-electron chi connectivity index (χ2n) is 4.46. The van der Waals surface area contributed by atoms with Gasteiger partial charge in [-0.15, -0.1) is 0 Å². The molecule has 2 rings (SSSR count). The lowest BCUT2D eigenvalue weighted by Crippen LogP contribution is -2.41. The predicted molar refractivity (Wildman–Crippen MR) is 80.6 cm³/mol. The van der Waals surface area contributed by atoms with E-state index in [9.17, 15) is 4.79 Å². The Hall–Kier alpha value is -1.73. The van der Waals surface area contributed by atoms with E-state index in [2.05, 4.69) is 10.3 Å². The highest BCUT2D eigenvalue weighted by Crippen LogP contribution is 2.13. The molecule has 0 aromatic carbocycles. The lowest BCUT2D eigenvalue weighted by atomic mass is 10.2. The summed E-state index contributed by atoms with van der Waals surface area (Å²) >= 11 is 4.97. The quantitative estimate of drug-likeness (QED) is 0.764. The minimum atomic E-state index is 0.126. The molecule has 0 unspecified atom stereocenters. The number of amides is 1. The summed E-state index contributed by atoms with van der Waals surface area (Å²) in [4.78, 5) is 18.1. The molecule has 0 spiro atoms. The Balaban J connectivity index is 1.83. The number of rotatable bonds is 5. The van der Waals surface area contributed by atoms with E-state index < -0.39 is 0 Å². The molecule has 0 saturated carbocycles. The van der Waals surface area contributed by atoms with E-state index in [1.807, 2.05) is 4.90 Å². The lowest BCUT2D eigenvalue weighted by Gasteiger charge is -2.27. The van der Waals surface area contributed by atoms with Crippen LogP contribution in [0.25, 0.3) is 0 Å². The van der Waals surface area contributed by atoms with Crippen LogP contribution in [0.2, 0.25) is 0 Å². The van der Waals surface area contributed by atoms with Gasteiger partial charge < -0.3 is 20.7 Å². The summed E-state index contributed by atoms with van der Waals surface area (Å²) in [5.41, 5.74) is 7.14. The number of ether oxygens (including phenoxy) is 1. The first-order valence-corrected chi connectivity index (χ1v) is 6.92. The molecular weight excluding hydrogens is 276 g/mol. The van der Waals surface area contributed by atoms with Crippen molar-refractivity contribution in [2.45, 2.75) is 6.42 Å². The number of nitrogens with zero attached hydrogens (tertiary/aromatic N) is 2. The van der Waals surface area contributed by atoms with Gasteiger partial charge in [-0.1, -0.05) is 12.2 Å². The van der Waals surface area contributed by atoms with E-state index >= 15 is 0 Å². The van der Waals surface area contributed by atoms with Crippen molar-refractivity contribution in [3.63, 3.8) is 0 Å². The van der Waals surface area contributed by atoms with Gasteiger partial charge in [-0.3, -0.25) is 9.78 Å². The third-order valence-electron chi connectivity index (χ3n) is 3.10. The van der Waals surface area contributed by atoms with Crippen molar-refractivity contribution in [3.05, 3.63) is 24.0 Å². The highest BCUT2D eigenvalue weighted by molar-refractivity contribution is 7.80. The molecule has 1 aromatic heterocycles. The maximum atomic E-state index is 12.0. The Bertz CT molecular complexity index is 489. The summed E-state index contributed by atoms with van der Waals surface area (Å²) < 4.78 is 5.22. The van der Waals surface area contributed by atoms with Gasteiger partial charge in [-0.05, 0) is 6.07 Å². The molecular formula is C13H18N4O2S. The predicted octanol–water partition coefficient (Wildman–Crippen LogP) is 0.377. The summed E-state index contributed by atoms with van der Waals surface area (Å²) in [7, 11) is 0. The maximum absolute atomic E-state index is 12.0. The minimum Gasteiger partial charge on any atom is -0.389 e. The van der Waals surface area contributed by atoms with Crippen LogP contribution >= 0.6 is 12.2 Å². The van der Waals surface area contributed by atoms with Gasteiger partial charge in [0.15, 0.2) is 0 Å². The number of hydrogen-bond donors (Lipinski definition) is 2. The molecule has 1 saturated heterocycles. The van der Waals surface area contributed by atoms with E-state index in [0.717, 1.165) is 11.3 Å². The number of hydrogen-bond acceptors (Lipinski definition) is 5. The van der Waals surface area contributed by atoms with E-state index in [0.29, 0.717) is 44.3 Å². The van der Waals surface area contributed by atoms with Crippen molar-refractivity contribution >= 4 is 28.8 Å². The molecule has 7 heteroatoms. The molecule has 0 radical (unpaired) electrons. The summed E-state index contributed by atoms with van der Waals surface area (Å²) in [5, 5.41) is 3.16. The van der Waals surface area contributed by atoms with Crippen LogP contribution in [0, 0.1) is 0 Å². The summed E-state index contributed by atoms with van der Waals surface area (Å²) in [5.74, 6) is 0.126. The van der Waals surface area contributed by atoms with Gasteiger partial charge >= 0.3 is 0 Å². The first kappa shape index (κ1) is 14.7. The average molecular weight is 294 g/mol. The summed E-state index contributed by atoms with van der Waals surface area (Å²) in [6, 6.07) is 1.76. The lowest BCUT2D eigenvalue weighted by molar-refractivity contribution is -0.134. The van der Waals surface area contributed by atoms with Crippen molar-refractivity contribution in [1.82, 2.24) is 9.88 Å². The zero-order chi connectivity index (χ0) is 14.4. The topological polar surface area (TPSA) is 80.5 Å². The second kappa shape index (κ2) is 7.16. The normalized spacial score (nSPS) is 14.9. The minimum absolute atomic E-state index is 0.126. The molecule has 1 fully saturated rings. The third-order valence-corrected chi connectivity index (χ3v) is 3.32. The zero-order valence-corrected chi connectivity index (χ0v) is 12.0. The van der Waals surface area contributed by atoms with Gasteiger partial charge in [-0.25, -0.2) is 0 Å². The fraction of sp³-hybridized carbons (Fsp3) is 0.462. The largest absolute Gasteiger partial charge is 0.389 e. The van der Waals surface area contributed by atoms with Gasteiger partial charge in [0.2, 0.25) is 5.91 Å². The Morgan fingerprint density at radius 3 is 2.95 bits per heavy atom. The van der Waals surface area contributed by atoms with Crippen molar-refractivity contribution < 1.29 is 9.53 Å². The Kier molecular flexibility index (Phi) is 5.25. The van der Waals surface area contributed by atoms with Crippen molar-refractivity contribution in [2.75, 3.05) is 38.2 Å². The van der Waals surface area contributed by atoms with E-state index in [1.54, 1.807) is 18.5 Å². The van der Waals surface area contributed by atoms with Crippen LogP contribution in [0.15, 0.2) is 18.5 Å². The SMILES string of the molecule is NC(=S)c1ccncc1NCCC(=O)N1CCOCC1. The fourth-order valence-electron chi connectivity index (χ4n) is 2.03. The van der Waals surface area contributed by atoms with Crippen molar-refractivity contribution in [1.29, 1.82) is 0 Å². The number of thiocarbonyl (C=S) groups is 1. The molecule has 2 heterocycles. The number of morpholine rings is 1. The molecule has 0 atom stereocenters. The van der Waals surface area contributed by atoms with Crippen LogP contribution in [0.5, 0.6) is 0 Å². The van der Waals surface area contributed by atoms with Gasteiger partial charge in [0.1, 0.15) is 4.99 Å². The first-order valence-electron chi connectivity index (χ1n) is 6.51. The molecule has 108 valence electrons. The fourth-order valence-corrected chi connectivity index (χ4v) is 2.20. The Labute approximate surface area is 123 Å². The van der Waals surface area contributed by atoms with Crippen LogP contribution in [0.1, 0.15) is 12.0 Å². The van der Waals surface area contributed by atoms with Crippen molar-refractivity contribution in [3.8, 4) is 0 Å². The van der Waals surface area contributed by atoms with E-state index in [1.165, 1.54) is 0 Å². The van der Waals surface area contributed by atoms with Crippen LogP contribution in [-0.2, 0) is 9.53 Å². The molecule has 1 aliphatic heterocycles. The Morgan fingerprint density at radius 2 is 2.25 bits per heavy atom. The van der Waals surface area contributed by atoms with E-state index in [4.69, 9.17) is 22.7 Å². The molecule has 1 aromatic rings. The van der Waals surface area contributed by atoms with Crippen LogP contribution in [0.3, 0.4) is 0 Å². The number of anilines is 1. The van der Waals surface area contributed by atoms with Gasteiger partial charge in [-0.2, -0.15) is 0 Å². The first-order chi connectivity index (χ1) is 9.68. The van der Waals surface area contributed by atoms with Crippen LogP contribution < -0.4 is 11.1 Å². The standard InChI is InChI=1S/C13H18N4O2S/c14-13(20)10-1-3-15-9-11(10)16-4-2-12(18)17-5-7-19-8-6-17/h1,3,9,16H,2,4-8H2,(H2,14,20). The molecule has 1 amide bonds. The molecule has 0 bridgehead atoms. The molecule has 3 N–H and O–H groups in total. The summed E-state index contributed by atoms with van der Waals surface area (Å²) in [6.07, 6.45) is 3.72. The highest BCUT2D eigenvalue weighted by Gasteiger charge is 2.16. The second-order valence-corrected chi connectivity index (χ2v) is 4.90. The van der Waals surface area contributed by atoms with Gasteiger partial charge in [0.25, 0.3) is 0 Å². The van der Waals surface area contributed by atoms with E-state index in [-0.39, 0.29) is 5.91 Å². The van der Waals surface area contributed by atoms with Crippen LogP contribution in [-0.4, -0.2) is 53.6 Å².